The summed E-state index contributed by atoms with van der Waals surface area (Å²) >= 11 is 0. The second kappa shape index (κ2) is 20.5. The molecule has 16 nitrogen and oxygen atoms in total. The number of carbonyl (C=O) groups is 6. The molecular weight excluding hydrogens is 514 g/mol. The van der Waals surface area contributed by atoms with Crippen molar-refractivity contribution in [2.75, 3.05) is 39.6 Å². The van der Waals surface area contributed by atoms with E-state index >= 15 is 0 Å². The van der Waals surface area contributed by atoms with Crippen LogP contribution in [-0.4, -0.2) is 114 Å². The van der Waals surface area contributed by atoms with Crippen molar-refractivity contribution in [2.24, 2.45) is 0 Å². The zero-order valence-corrected chi connectivity index (χ0v) is 21.2. The largest absolute Gasteiger partial charge is 0.481 e. The number of ether oxygens (including phenoxy) is 3. The molecule has 0 aliphatic carbocycles. The fourth-order valence-corrected chi connectivity index (χ4v) is 2.74. The van der Waals surface area contributed by atoms with Gasteiger partial charge in [0.05, 0.1) is 26.4 Å². The molecule has 16 heteroatoms. The zero-order chi connectivity index (χ0) is 28.9. The summed E-state index contributed by atoms with van der Waals surface area (Å²) < 4.78 is 15.1. The van der Waals surface area contributed by atoms with E-state index in [1.807, 2.05) is 5.32 Å². The first-order valence-electron chi connectivity index (χ1n) is 11.9. The van der Waals surface area contributed by atoms with Gasteiger partial charge >= 0.3 is 29.9 Å². The molecule has 7 N–H and O–H groups in total. The average Bonchev–Trinajstić information content (AvgIpc) is 2.83. The molecule has 38 heavy (non-hydrogen) atoms. The second-order valence-electron chi connectivity index (χ2n) is 8.00. The molecule has 1 unspecified atom stereocenters. The Bertz CT molecular complexity index is 776. The number of carboxylic acid groups (broad SMARTS) is 3. The molecule has 0 saturated heterocycles. The molecule has 0 aromatic heterocycles. The third-order valence-corrected chi connectivity index (χ3v) is 4.75. The number of carbonyl (C=O) groups excluding carboxylic acids is 3. The Morgan fingerprint density at radius 2 is 1.29 bits per heavy atom. The van der Waals surface area contributed by atoms with Crippen LogP contribution in [0.4, 0.5) is 4.79 Å². The van der Waals surface area contributed by atoms with Gasteiger partial charge in [0.1, 0.15) is 24.8 Å². The van der Waals surface area contributed by atoms with Crippen LogP contribution in [0.3, 0.4) is 0 Å². The van der Waals surface area contributed by atoms with Gasteiger partial charge < -0.3 is 50.6 Å². The molecule has 0 aliphatic heterocycles. The Labute approximate surface area is 219 Å². The number of aliphatic carboxylic acids is 3. The lowest BCUT2D eigenvalue weighted by molar-refractivity contribution is -0.154. The molecule has 0 bridgehead atoms. The summed E-state index contributed by atoms with van der Waals surface area (Å²) in [4.78, 5) is 67.9. The number of rotatable bonds is 22. The molecular formula is C22H37N3O13. The number of aliphatic hydroxyl groups is 1. The van der Waals surface area contributed by atoms with Crippen LogP contribution in [0.2, 0.25) is 0 Å². The van der Waals surface area contributed by atoms with E-state index in [9.17, 15) is 33.9 Å². The van der Waals surface area contributed by atoms with Crippen molar-refractivity contribution in [3.8, 4) is 0 Å². The van der Waals surface area contributed by atoms with Crippen molar-refractivity contribution >= 4 is 35.8 Å². The molecule has 0 radical (unpaired) electrons. The zero-order valence-electron chi connectivity index (χ0n) is 21.2. The predicted octanol–water partition coefficient (Wildman–Crippen LogP) is -1.31. The lowest BCUT2D eigenvalue weighted by atomic mass is 10.1. The van der Waals surface area contributed by atoms with E-state index < -0.39 is 54.5 Å². The molecule has 0 rings (SSSR count). The van der Waals surface area contributed by atoms with Crippen molar-refractivity contribution in [3.05, 3.63) is 0 Å². The van der Waals surface area contributed by atoms with E-state index in [1.54, 1.807) is 0 Å². The van der Waals surface area contributed by atoms with Crippen LogP contribution < -0.4 is 16.0 Å². The number of esters is 1. The quantitative estimate of drug-likeness (QED) is 0.0611. The number of amides is 3. The van der Waals surface area contributed by atoms with E-state index in [4.69, 9.17) is 29.5 Å². The average molecular weight is 552 g/mol. The molecule has 0 fully saturated rings. The van der Waals surface area contributed by atoms with E-state index in [-0.39, 0.29) is 64.7 Å². The maximum Gasteiger partial charge on any atom is 0.334 e. The Morgan fingerprint density at radius 1 is 0.737 bits per heavy atom. The highest BCUT2D eigenvalue weighted by atomic mass is 16.6. The van der Waals surface area contributed by atoms with E-state index in [2.05, 4.69) is 10.6 Å². The van der Waals surface area contributed by atoms with Gasteiger partial charge in [-0.25, -0.2) is 19.2 Å². The molecule has 218 valence electrons. The lowest BCUT2D eigenvalue weighted by Gasteiger charge is -2.18. The Balaban J connectivity index is 3.97. The number of carboxylic acids is 3. The summed E-state index contributed by atoms with van der Waals surface area (Å²) in [7, 11) is 0. The highest BCUT2D eigenvalue weighted by molar-refractivity contribution is 5.86. The summed E-state index contributed by atoms with van der Waals surface area (Å²) in [5.74, 6) is -5.03. The van der Waals surface area contributed by atoms with Crippen LogP contribution in [0.5, 0.6) is 0 Å². The maximum atomic E-state index is 12.0. The third-order valence-electron chi connectivity index (χ3n) is 4.75. The fourth-order valence-electron chi connectivity index (χ4n) is 2.74. The smallest absolute Gasteiger partial charge is 0.334 e. The van der Waals surface area contributed by atoms with Crippen molar-refractivity contribution in [1.82, 2.24) is 16.0 Å². The van der Waals surface area contributed by atoms with E-state index in [0.29, 0.717) is 12.8 Å². The molecule has 3 atom stereocenters. The number of unbranched alkanes of at least 4 members (excludes halogenated alkanes) is 1. The van der Waals surface area contributed by atoms with Crippen LogP contribution in [0, 0.1) is 0 Å². The van der Waals surface area contributed by atoms with Crippen LogP contribution in [0.1, 0.15) is 45.4 Å². The van der Waals surface area contributed by atoms with Crippen molar-refractivity contribution in [2.45, 2.75) is 63.6 Å². The minimum Gasteiger partial charge on any atom is -0.481 e. The number of hydrogen-bond acceptors (Lipinski definition) is 10. The van der Waals surface area contributed by atoms with E-state index in [1.165, 1.54) is 6.92 Å². The first kappa shape index (κ1) is 34.5. The number of nitrogens with one attached hydrogen (secondary N) is 3. The number of urea groups is 1. The van der Waals surface area contributed by atoms with Gasteiger partial charge in [0.15, 0.2) is 0 Å². The first-order valence-corrected chi connectivity index (χ1v) is 11.9. The SMILES string of the molecule is CC(O)C(=O)OCCOCCOCCC(=O)NCCCC[C@H](NC(=O)N[C@@H](CCC(=O)O)C(=O)O)C(=O)O. The van der Waals surface area contributed by atoms with Gasteiger partial charge in [0.2, 0.25) is 5.91 Å². The van der Waals surface area contributed by atoms with E-state index in [0.717, 1.165) is 0 Å². The molecule has 0 aromatic carbocycles. The molecule has 0 aromatic rings. The number of hydrogen-bond donors (Lipinski definition) is 7. The minimum atomic E-state index is -1.49. The fraction of sp³-hybridized carbons (Fsp3) is 0.727. The highest BCUT2D eigenvalue weighted by Gasteiger charge is 2.24. The molecule has 0 heterocycles. The number of aliphatic hydroxyl groups excluding tert-OH is 1. The van der Waals surface area contributed by atoms with Gasteiger partial charge in [0.25, 0.3) is 0 Å². The Hall–Kier alpha value is -3.50. The Kier molecular flexibility index (Phi) is 18.7. The van der Waals surface area contributed by atoms with Crippen LogP contribution in [0.15, 0.2) is 0 Å². The monoisotopic (exact) mass is 551 g/mol. The maximum absolute atomic E-state index is 12.0. The van der Waals surface area contributed by atoms with Gasteiger partial charge in [0, 0.05) is 19.4 Å². The summed E-state index contributed by atoms with van der Waals surface area (Å²) in [6.07, 6.45) is -1.18. The summed E-state index contributed by atoms with van der Waals surface area (Å²) in [5, 5.41) is 42.8. The standard InChI is InChI=1S/C22H37N3O13/c1-14(26)21(34)38-13-12-37-11-10-36-9-7-17(27)23-8-3-2-4-15(19(30)31)24-22(35)25-16(20(32)33)5-6-18(28)29/h14-16,26H,2-13H2,1H3,(H,23,27)(H,28,29)(H,30,31)(H,32,33)(H2,24,25,35)/t14?,15-,16-/m0/s1. The predicted molar refractivity (Wildman–Crippen MR) is 127 cm³/mol. The summed E-state index contributed by atoms with van der Waals surface area (Å²) in [6, 6.07) is -3.84. The molecule has 0 saturated carbocycles. The van der Waals surface area contributed by atoms with Gasteiger partial charge in [-0.3, -0.25) is 9.59 Å². The topological polar surface area (TPSA) is 247 Å². The normalized spacial score (nSPS) is 13.0. The van der Waals surface area contributed by atoms with Crippen LogP contribution in [-0.2, 0) is 38.2 Å². The molecule has 0 spiro atoms. The van der Waals surface area contributed by atoms with Gasteiger partial charge in [-0.15, -0.1) is 0 Å². The van der Waals surface area contributed by atoms with Gasteiger partial charge in [-0.2, -0.15) is 0 Å². The van der Waals surface area contributed by atoms with Gasteiger partial charge in [-0.05, 0) is 32.6 Å². The van der Waals surface area contributed by atoms with Crippen molar-refractivity contribution < 1.29 is 63.4 Å². The van der Waals surface area contributed by atoms with Crippen LogP contribution >= 0.6 is 0 Å². The molecule has 0 aliphatic rings. The van der Waals surface area contributed by atoms with Gasteiger partial charge in [-0.1, -0.05) is 0 Å². The van der Waals surface area contributed by atoms with Crippen molar-refractivity contribution in [3.63, 3.8) is 0 Å². The summed E-state index contributed by atoms with van der Waals surface area (Å²) in [6.45, 7) is 2.30. The Morgan fingerprint density at radius 3 is 1.84 bits per heavy atom. The van der Waals surface area contributed by atoms with Crippen molar-refractivity contribution in [1.29, 1.82) is 0 Å². The minimum absolute atomic E-state index is 0.00238. The molecule has 3 amide bonds. The highest BCUT2D eigenvalue weighted by Crippen LogP contribution is 2.03. The second-order valence-corrected chi connectivity index (χ2v) is 8.00. The van der Waals surface area contributed by atoms with Crippen LogP contribution in [0.25, 0.3) is 0 Å². The first-order chi connectivity index (χ1) is 17.9. The third kappa shape index (κ3) is 18.7. The summed E-state index contributed by atoms with van der Waals surface area (Å²) in [5.41, 5.74) is 0. The lowest BCUT2D eigenvalue weighted by Crippen LogP contribution is -2.51.